The van der Waals surface area contributed by atoms with Gasteiger partial charge in [-0.1, -0.05) is 6.07 Å². The van der Waals surface area contributed by atoms with Crippen molar-refractivity contribution in [2.24, 2.45) is 0 Å². The van der Waals surface area contributed by atoms with Gasteiger partial charge in [-0.05, 0) is 19.1 Å². The van der Waals surface area contributed by atoms with Crippen LogP contribution in [-0.4, -0.2) is 10.1 Å². The zero-order chi connectivity index (χ0) is 10.7. The highest BCUT2D eigenvalue weighted by molar-refractivity contribution is 7.07. The number of rotatable bonds is 3. The van der Waals surface area contributed by atoms with Gasteiger partial charge in [0, 0.05) is 10.9 Å². The molecule has 3 nitrogen and oxygen atoms in total. The van der Waals surface area contributed by atoms with Gasteiger partial charge in [0.1, 0.15) is 18.1 Å². The average Bonchev–Trinajstić information content (AvgIpc) is 2.73. The first-order chi connectivity index (χ1) is 7.27. The molecule has 0 aliphatic heterocycles. The molecule has 0 saturated carbocycles. The van der Waals surface area contributed by atoms with Crippen LogP contribution in [0, 0.1) is 6.92 Å². The van der Waals surface area contributed by atoms with Crippen molar-refractivity contribution in [2.45, 2.75) is 13.5 Å². The first kappa shape index (κ1) is 9.98. The quantitative estimate of drug-likeness (QED) is 0.866. The number of ether oxygens (including phenoxy) is 1. The molecular formula is C11H11NO2S. The summed E-state index contributed by atoms with van der Waals surface area (Å²) in [5.41, 5.74) is 3.43. The number of thiazole rings is 1. The van der Waals surface area contributed by atoms with Crippen LogP contribution in [-0.2, 0) is 6.61 Å². The lowest BCUT2D eigenvalue weighted by molar-refractivity contribution is 0.298. The Bertz CT molecular complexity index is 440. The molecule has 0 radical (unpaired) electrons. The van der Waals surface area contributed by atoms with E-state index in [0.29, 0.717) is 12.4 Å². The maximum Gasteiger partial charge on any atom is 0.131 e. The third-order valence-electron chi connectivity index (χ3n) is 2.11. The van der Waals surface area contributed by atoms with Gasteiger partial charge >= 0.3 is 0 Å². The summed E-state index contributed by atoms with van der Waals surface area (Å²) in [7, 11) is 0. The molecule has 0 saturated heterocycles. The second-order valence-corrected chi connectivity index (χ2v) is 3.89. The van der Waals surface area contributed by atoms with E-state index in [0.717, 1.165) is 11.3 Å². The van der Waals surface area contributed by atoms with Crippen molar-refractivity contribution in [2.75, 3.05) is 0 Å². The number of aromatic hydroxyl groups is 1. The standard InChI is InChI=1S/C11H11NO2S/c1-8-10(13)3-2-4-11(8)14-5-9-6-15-7-12-9/h2-4,6-7,13H,5H2,1H3. The number of nitrogens with zero attached hydrogens (tertiary/aromatic N) is 1. The normalized spacial score (nSPS) is 10.2. The molecule has 0 unspecified atom stereocenters. The minimum atomic E-state index is 0.255. The van der Waals surface area contributed by atoms with E-state index in [-0.39, 0.29) is 5.75 Å². The number of phenolic OH excluding ortho intramolecular Hbond substituents is 1. The Labute approximate surface area is 92.0 Å². The molecule has 0 atom stereocenters. The number of hydrogen-bond donors (Lipinski definition) is 1. The van der Waals surface area contributed by atoms with Gasteiger partial charge in [-0.15, -0.1) is 11.3 Å². The Morgan fingerprint density at radius 2 is 2.33 bits per heavy atom. The van der Waals surface area contributed by atoms with Crippen LogP contribution in [0.5, 0.6) is 11.5 Å². The summed E-state index contributed by atoms with van der Waals surface area (Å²) in [5, 5.41) is 11.4. The zero-order valence-corrected chi connectivity index (χ0v) is 9.12. The maximum absolute atomic E-state index is 9.46. The molecule has 4 heteroatoms. The lowest BCUT2D eigenvalue weighted by Crippen LogP contribution is -1.96. The van der Waals surface area contributed by atoms with Crippen molar-refractivity contribution in [3.05, 3.63) is 40.3 Å². The van der Waals surface area contributed by atoms with Crippen LogP contribution >= 0.6 is 11.3 Å². The summed E-state index contributed by atoms with van der Waals surface area (Å²) in [6.45, 7) is 2.26. The monoisotopic (exact) mass is 221 g/mol. The first-order valence-corrected chi connectivity index (χ1v) is 5.50. The lowest BCUT2D eigenvalue weighted by Gasteiger charge is -2.08. The Morgan fingerprint density at radius 3 is 3.07 bits per heavy atom. The van der Waals surface area contributed by atoms with Crippen LogP contribution < -0.4 is 4.74 Å². The largest absolute Gasteiger partial charge is 0.508 e. The van der Waals surface area contributed by atoms with Crippen molar-refractivity contribution in [3.8, 4) is 11.5 Å². The summed E-state index contributed by atoms with van der Waals surface area (Å²) < 4.78 is 5.55. The lowest BCUT2D eigenvalue weighted by atomic mass is 10.2. The fourth-order valence-electron chi connectivity index (χ4n) is 1.22. The molecule has 0 aliphatic carbocycles. The maximum atomic E-state index is 9.46. The average molecular weight is 221 g/mol. The number of hydrogen-bond acceptors (Lipinski definition) is 4. The second kappa shape index (κ2) is 4.31. The molecule has 0 bridgehead atoms. The first-order valence-electron chi connectivity index (χ1n) is 4.56. The minimum Gasteiger partial charge on any atom is -0.508 e. The van der Waals surface area contributed by atoms with E-state index < -0.39 is 0 Å². The number of benzene rings is 1. The van der Waals surface area contributed by atoms with Gasteiger partial charge in [-0.2, -0.15) is 0 Å². The highest BCUT2D eigenvalue weighted by atomic mass is 32.1. The van der Waals surface area contributed by atoms with Crippen LogP contribution in [0.1, 0.15) is 11.3 Å². The molecule has 0 amide bonds. The Kier molecular flexibility index (Phi) is 2.87. The molecule has 0 fully saturated rings. The predicted molar refractivity (Wildman–Crippen MR) is 59.3 cm³/mol. The van der Waals surface area contributed by atoms with Gasteiger partial charge in [0.2, 0.25) is 0 Å². The van der Waals surface area contributed by atoms with E-state index in [1.807, 2.05) is 18.4 Å². The third-order valence-corrected chi connectivity index (χ3v) is 2.75. The smallest absolute Gasteiger partial charge is 0.131 e. The van der Waals surface area contributed by atoms with Gasteiger partial charge in [-0.25, -0.2) is 4.98 Å². The van der Waals surface area contributed by atoms with Crippen molar-refractivity contribution in [1.82, 2.24) is 4.98 Å². The molecule has 1 N–H and O–H groups in total. The molecule has 1 heterocycles. The van der Waals surface area contributed by atoms with Gasteiger partial charge in [0.25, 0.3) is 0 Å². The van der Waals surface area contributed by atoms with Gasteiger partial charge in [-0.3, -0.25) is 0 Å². The van der Waals surface area contributed by atoms with E-state index in [4.69, 9.17) is 4.74 Å². The van der Waals surface area contributed by atoms with Crippen molar-refractivity contribution in [3.63, 3.8) is 0 Å². The third kappa shape index (κ3) is 2.27. The second-order valence-electron chi connectivity index (χ2n) is 3.17. The van der Waals surface area contributed by atoms with Crippen LogP contribution in [0.2, 0.25) is 0 Å². The molecule has 1 aromatic heterocycles. The van der Waals surface area contributed by atoms with Gasteiger partial charge < -0.3 is 9.84 Å². The van der Waals surface area contributed by atoms with Gasteiger partial charge in [0.15, 0.2) is 0 Å². The van der Waals surface area contributed by atoms with Crippen molar-refractivity contribution in [1.29, 1.82) is 0 Å². The molecule has 78 valence electrons. The predicted octanol–water partition coefficient (Wildman–Crippen LogP) is 2.74. The van der Waals surface area contributed by atoms with Crippen LogP contribution in [0.15, 0.2) is 29.1 Å². The molecule has 0 aliphatic rings. The fraction of sp³-hybridized carbons (Fsp3) is 0.182. The Balaban J connectivity index is 2.08. The minimum absolute atomic E-state index is 0.255. The topological polar surface area (TPSA) is 42.4 Å². The van der Waals surface area contributed by atoms with Crippen LogP contribution in [0.25, 0.3) is 0 Å². The van der Waals surface area contributed by atoms with Crippen LogP contribution in [0.3, 0.4) is 0 Å². The fourth-order valence-corrected chi connectivity index (χ4v) is 1.76. The number of phenols is 1. The molecule has 1 aromatic carbocycles. The molecule has 0 spiro atoms. The summed E-state index contributed by atoms with van der Waals surface area (Å²) in [4.78, 5) is 4.11. The van der Waals surface area contributed by atoms with E-state index in [9.17, 15) is 5.11 Å². The zero-order valence-electron chi connectivity index (χ0n) is 8.30. The summed E-state index contributed by atoms with van der Waals surface area (Å²) >= 11 is 1.54. The van der Waals surface area contributed by atoms with Crippen molar-refractivity contribution >= 4 is 11.3 Å². The SMILES string of the molecule is Cc1c(O)cccc1OCc1cscn1. The molecule has 2 rings (SSSR count). The highest BCUT2D eigenvalue weighted by Gasteiger charge is 2.04. The summed E-state index contributed by atoms with van der Waals surface area (Å²) in [5.74, 6) is 0.953. The van der Waals surface area contributed by atoms with Crippen molar-refractivity contribution < 1.29 is 9.84 Å². The number of aromatic nitrogens is 1. The van der Waals surface area contributed by atoms with E-state index in [2.05, 4.69) is 4.98 Å². The Hall–Kier alpha value is -1.55. The summed E-state index contributed by atoms with van der Waals surface area (Å²) in [6.07, 6.45) is 0. The highest BCUT2D eigenvalue weighted by Crippen LogP contribution is 2.26. The van der Waals surface area contributed by atoms with E-state index >= 15 is 0 Å². The van der Waals surface area contributed by atoms with Gasteiger partial charge in [0.05, 0.1) is 11.2 Å². The van der Waals surface area contributed by atoms with Crippen LogP contribution in [0.4, 0.5) is 0 Å². The van der Waals surface area contributed by atoms with E-state index in [1.165, 1.54) is 0 Å². The van der Waals surface area contributed by atoms with E-state index in [1.54, 1.807) is 29.0 Å². The molecule has 2 aromatic rings. The Morgan fingerprint density at radius 1 is 1.47 bits per heavy atom. The molecular weight excluding hydrogens is 210 g/mol. The summed E-state index contributed by atoms with van der Waals surface area (Å²) in [6, 6.07) is 5.24. The molecule has 15 heavy (non-hydrogen) atoms.